The van der Waals surface area contributed by atoms with Gasteiger partial charge in [-0.1, -0.05) is 26.7 Å². The minimum atomic E-state index is 0.490. The second-order valence-corrected chi connectivity index (χ2v) is 7.23. The van der Waals surface area contributed by atoms with Gasteiger partial charge in [0, 0.05) is 52.4 Å². The van der Waals surface area contributed by atoms with Crippen LogP contribution in [0, 0.1) is 5.92 Å². The van der Waals surface area contributed by atoms with Crippen molar-refractivity contribution in [3.63, 3.8) is 0 Å². The van der Waals surface area contributed by atoms with Gasteiger partial charge in [-0.3, -0.25) is 9.89 Å². The van der Waals surface area contributed by atoms with Crippen molar-refractivity contribution in [3.05, 3.63) is 0 Å². The molecule has 1 aliphatic heterocycles. The predicted molar refractivity (Wildman–Crippen MR) is 114 cm³/mol. The van der Waals surface area contributed by atoms with Crippen molar-refractivity contribution in [2.45, 2.75) is 39.7 Å². The summed E-state index contributed by atoms with van der Waals surface area (Å²) in [6.07, 6.45) is 2.39. The van der Waals surface area contributed by atoms with Crippen LogP contribution < -0.4 is 10.6 Å². The zero-order valence-electron chi connectivity index (χ0n) is 18.3. The molecule has 0 aliphatic carbocycles. The van der Waals surface area contributed by atoms with Gasteiger partial charge in [-0.15, -0.1) is 0 Å². The van der Waals surface area contributed by atoms with Crippen LogP contribution in [-0.2, 0) is 9.47 Å². The van der Waals surface area contributed by atoms with Crippen LogP contribution in [0.25, 0.3) is 0 Å². The van der Waals surface area contributed by atoms with Crippen molar-refractivity contribution < 1.29 is 9.47 Å². The van der Waals surface area contributed by atoms with E-state index in [1.165, 1.54) is 12.8 Å². The molecule has 1 heterocycles. The van der Waals surface area contributed by atoms with Crippen LogP contribution in [-0.4, -0.2) is 102 Å². The molecule has 2 N–H and O–H groups in total. The standard InChI is InChI=1S/C20H43N5O2/c1-6-18(7-2)19(25-12-15-27-16-13-25)17-23-20(21-8-3)22-9-10-24(4)11-14-26-5/h18-19H,6-17H2,1-5H3,(H2,21,22,23). The van der Waals surface area contributed by atoms with Crippen molar-refractivity contribution in [2.24, 2.45) is 10.9 Å². The Morgan fingerprint density at radius 1 is 1.15 bits per heavy atom. The van der Waals surface area contributed by atoms with E-state index in [1.54, 1.807) is 7.11 Å². The predicted octanol–water partition coefficient (Wildman–Crippen LogP) is 1.26. The highest BCUT2D eigenvalue weighted by atomic mass is 16.5. The van der Waals surface area contributed by atoms with Gasteiger partial charge < -0.3 is 25.0 Å². The van der Waals surface area contributed by atoms with Gasteiger partial charge in [0.2, 0.25) is 0 Å². The van der Waals surface area contributed by atoms with Gasteiger partial charge >= 0.3 is 0 Å². The summed E-state index contributed by atoms with van der Waals surface area (Å²) in [7, 11) is 3.86. The Labute approximate surface area is 166 Å². The quantitative estimate of drug-likeness (QED) is 0.368. The number of morpholine rings is 1. The first-order valence-corrected chi connectivity index (χ1v) is 10.7. The Balaban J connectivity index is 2.61. The van der Waals surface area contributed by atoms with Gasteiger partial charge in [-0.25, -0.2) is 0 Å². The Hall–Kier alpha value is -0.890. The molecular weight excluding hydrogens is 342 g/mol. The summed E-state index contributed by atoms with van der Waals surface area (Å²) in [4.78, 5) is 9.77. The molecule has 0 radical (unpaired) electrons. The molecule has 0 saturated carbocycles. The SMILES string of the molecule is CCNC(=NCC(C(CC)CC)N1CCOCC1)NCCN(C)CCOC. The van der Waals surface area contributed by atoms with E-state index < -0.39 is 0 Å². The van der Waals surface area contributed by atoms with Crippen LogP contribution in [0.3, 0.4) is 0 Å². The normalized spacial score (nSPS) is 17.5. The Bertz CT molecular complexity index is 385. The van der Waals surface area contributed by atoms with Crippen molar-refractivity contribution in [2.75, 3.05) is 79.8 Å². The maximum Gasteiger partial charge on any atom is 0.191 e. The number of guanidine groups is 1. The minimum absolute atomic E-state index is 0.490. The molecule has 0 spiro atoms. The lowest BCUT2D eigenvalue weighted by molar-refractivity contribution is 0.00395. The molecule has 1 aliphatic rings. The Kier molecular flexibility index (Phi) is 13.5. The van der Waals surface area contributed by atoms with E-state index in [0.717, 1.165) is 71.6 Å². The molecule has 27 heavy (non-hydrogen) atoms. The molecule has 0 aromatic carbocycles. The molecule has 0 amide bonds. The molecular formula is C20H43N5O2. The number of hydrogen-bond acceptors (Lipinski definition) is 5. The van der Waals surface area contributed by atoms with Crippen LogP contribution >= 0.6 is 0 Å². The minimum Gasteiger partial charge on any atom is -0.383 e. The third-order valence-electron chi connectivity index (χ3n) is 5.35. The number of aliphatic imine (C=N–C) groups is 1. The van der Waals surface area contributed by atoms with Gasteiger partial charge in [-0.05, 0) is 19.9 Å². The van der Waals surface area contributed by atoms with E-state index in [1.807, 2.05) is 0 Å². The number of methoxy groups -OCH3 is 1. The number of ether oxygens (including phenoxy) is 2. The highest BCUT2D eigenvalue weighted by molar-refractivity contribution is 5.79. The lowest BCUT2D eigenvalue weighted by Gasteiger charge is -2.38. The van der Waals surface area contributed by atoms with Crippen LogP contribution in [0.2, 0.25) is 0 Å². The summed E-state index contributed by atoms with van der Waals surface area (Å²) in [5.74, 6) is 1.59. The molecule has 1 saturated heterocycles. The van der Waals surface area contributed by atoms with E-state index >= 15 is 0 Å². The summed E-state index contributed by atoms with van der Waals surface area (Å²) in [5, 5.41) is 6.86. The maximum atomic E-state index is 5.55. The zero-order valence-corrected chi connectivity index (χ0v) is 18.3. The molecule has 0 aromatic heterocycles. The fraction of sp³-hybridized carbons (Fsp3) is 0.950. The van der Waals surface area contributed by atoms with E-state index in [0.29, 0.717) is 12.0 Å². The molecule has 1 unspecified atom stereocenters. The fourth-order valence-electron chi connectivity index (χ4n) is 3.56. The average Bonchev–Trinajstić information content (AvgIpc) is 2.70. The summed E-state index contributed by atoms with van der Waals surface area (Å²) in [6, 6.07) is 0.490. The highest BCUT2D eigenvalue weighted by Gasteiger charge is 2.26. The van der Waals surface area contributed by atoms with Gasteiger partial charge in [-0.2, -0.15) is 0 Å². The van der Waals surface area contributed by atoms with E-state index in [9.17, 15) is 0 Å². The van der Waals surface area contributed by atoms with E-state index in [-0.39, 0.29) is 0 Å². The van der Waals surface area contributed by atoms with Gasteiger partial charge in [0.1, 0.15) is 0 Å². The van der Waals surface area contributed by atoms with Crippen molar-refractivity contribution >= 4 is 5.96 Å². The molecule has 7 nitrogen and oxygen atoms in total. The summed E-state index contributed by atoms with van der Waals surface area (Å²) in [6.45, 7) is 15.7. The molecule has 1 atom stereocenters. The first-order chi connectivity index (χ1) is 13.2. The molecule has 0 aromatic rings. The zero-order chi connectivity index (χ0) is 19.9. The van der Waals surface area contributed by atoms with Crippen molar-refractivity contribution in [1.82, 2.24) is 20.4 Å². The number of nitrogens with one attached hydrogen (secondary N) is 2. The molecule has 0 bridgehead atoms. The number of nitrogens with zero attached hydrogens (tertiary/aromatic N) is 3. The third-order valence-corrected chi connectivity index (χ3v) is 5.35. The third kappa shape index (κ3) is 9.74. The Morgan fingerprint density at radius 3 is 2.44 bits per heavy atom. The first kappa shape index (κ1) is 24.1. The summed E-state index contributed by atoms with van der Waals surface area (Å²) in [5.41, 5.74) is 0. The average molecular weight is 386 g/mol. The van der Waals surface area contributed by atoms with Gasteiger partial charge in [0.15, 0.2) is 5.96 Å². The lowest BCUT2D eigenvalue weighted by atomic mass is 9.92. The van der Waals surface area contributed by atoms with Crippen LogP contribution in [0.15, 0.2) is 4.99 Å². The fourth-order valence-corrected chi connectivity index (χ4v) is 3.56. The topological polar surface area (TPSA) is 61.4 Å². The first-order valence-electron chi connectivity index (χ1n) is 10.7. The van der Waals surface area contributed by atoms with E-state index in [2.05, 4.69) is 48.3 Å². The second-order valence-electron chi connectivity index (χ2n) is 7.23. The maximum absolute atomic E-state index is 5.55. The van der Waals surface area contributed by atoms with Gasteiger partial charge in [0.05, 0.1) is 26.4 Å². The Morgan fingerprint density at radius 2 is 1.85 bits per heavy atom. The smallest absolute Gasteiger partial charge is 0.191 e. The molecule has 1 fully saturated rings. The lowest BCUT2D eigenvalue weighted by Crippen LogP contribution is -2.49. The monoisotopic (exact) mass is 385 g/mol. The van der Waals surface area contributed by atoms with Crippen LogP contribution in [0.1, 0.15) is 33.6 Å². The van der Waals surface area contributed by atoms with Gasteiger partial charge in [0.25, 0.3) is 0 Å². The van der Waals surface area contributed by atoms with Crippen LogP contribution in [0.4, 0.5) is 0 Å². The molecule has 160 valence electrons. The summed E-state index contributed by atoms with van der Waals surface area (Å²) < 4.78 is 10.7. The van der Waals surface area contributed by atoms with Crippen LogP contribution in [0.5, 0.6) is 0 Å². The number of likely N-dealkylation sites (N-methyl/N-ethyl adjacent to an activating group) is 1. The van der Waals surface area contributed by atoms with Crippen molar-refractivity contribution in [1.29, 1.82) is 0 Å². The van der Waals surface area contributed by atoms with E-state index in [4.69, 9.17) is 14.5 Å². The number of hydrogen-bond donors (Lipinski definition) is 2. The largest absolute Gasteiger partial charge is 0.383 e. The summed E-state index contributed by atoms with van der Waals surface area (Å²) >= 11 is 0. The number of rotatable bonds is 13. The second kappa shape index (κ2) is 15.1. The molecule has 7 heteroatoms. The van der Waals surface area contributed by atoms with Crippen molar-refractivity contribution in [3.8, 4) is 0 Å². The highest BCUT2D eigenvalue weighted by Crippen LogP contribution is 2.20. The molecule has 1 rings (SSSR count).